The maximum absolute atomic E-state index is 10.5. The summed E-state index contributed by atoms with van der Waals surface area (Å²) in [6.45, 7) is 1.42. The molecular weight excluding hydrogens is 288 g/mol. The van der Waals surface area contributed by atoms with Crippen LogP contribution in [0.4, 0.5) is 5.69 Å². The van der Waals surface area contributed by atoms with Crippen LogP contribution >= 0.6 is 0 Å². The second-order valence-corrected chi connectivity index (χ2v) is 5.02. The molecule has 0 aromatic heterocycles. The van der Waals surface area contributed by atoms with Gasteiger partial charge in [-0.05, 0) is 31.5 Å². The van der Waals surface area contributed by atoms with Crippen LogP contribution in [0.25, 0.3) is 0 Å². The summed E-state index contributed by atoms with van der Waals surface area (Å²) in [7, 11) is 0. The fourth-order valence-corrected chi connectivity index (χ4v) is 2.28. The van der Waals surface area contributed by atoms with Gasteiger partial charge in [0.1, 0.15) is 12.4 Å². The molecule has 1 fully saturated rings. The topological polar surface area (TPSA) is 102 Å². The van der Waals surface area contributed by atoms with Gasteiger partial charge < -0.3 is 15.2 Å². The Bertz CT molecular complexity index is 442. The van der Waals surface area contributed by atoms with Crippen molar-refractivity contribution in [3.05, 3.63) is 34.4 Å². The van der Waals surface area contributed by atoms with Crippen molar-refractivity contribution >= 4 is 12.2 Å². The second kappa shape index (κ2) is 10.6. The summed E-state index contributed by atoms with van der Waals surface area (Å²) in [6, 6.07) is 6.64. The van der Waals surface area contributed by atoms with E-state index in [-0.39, 0.29) is 12.2 Å². The van der Waals surface area contributed by atoms with Crippen LogP contribution in [0.2, 0.25) is 0 Å². The summed E-state index contributed by atoms with van der Waals surface area (Å²) in [5.74, 6) is 0.689. The molecule has 2 N–H and O–H groups in total. The first-order valence-electron chi connectivity index (χ1n) is 7.36. The first-order chi connectivity index (χ1) is 10.7. The average molecular weight is 310 g/mol. The maximum Gasteiger partial charge on any atom is 0.290 e. The Morgan fingerprint density at radius 1 is 1.27 bits per heavy atom. The number of nitrogens with zero attached hydrogens (tertiary/aromatic N) is 1. The van der Waals surface area contributed by atoms with E-state index in [0.29, 0.717) is 18.4 Å². The highest BCUT2D eigenvalue weighted by Crippen LogP contribution is 2.18. The van der Waals surface area contributed by atoms with Crippen molar-refractivity contribution in [2.24, 2.45) is 0 Å². The maximum atomic E-state index is 10.5. The number of carboxylic acid groups (broad SMARTS) is 1. The highest BCUT2D eigenvalue weighted by Gasteiger charge is 2.11. The second-order valence-electron chi connectivity index (χ2n) is 5.02. The van der Waals surface area contributed by atoms with Gasteiger partial charge in [0, 0.05) is 18.2 Å². The molecule has 0 radical (unpaired) electrons. The molecule has 1 heterocycles. The molecular formula is C15H22N2O5. The lowest BCUT2D eigenvalue weighted by molar-refractivity contribution is -0.384. The zero-order valence-electron chi connectivity index (χ0n) is 12.4. The molecule has 1 aliphatic heterocycles. The molecule has 1 atom stereocenters. The Morgan fingerprint density at radius 3 is 2.55 bits per heavy atom. The van der Waals surface area contributed by atoms with Crippen LogP contribution < -0.4 is 10.1 Å². The number of nitro benzene ring substituents is 1. The summed E-state index contributed by atoms with van der Waals surface area (Å²) >= 11 is 0. The summed E-state index contributed by atoms with van der Waals surface area (Å²) in [5, 5.41) is 20.9. The summed E-state index contributed by atoms with van der Waals surface area (Å²) in [6.07, 6.45) is 6.21. The SMILES string of the molecule is O=CO.O=[N+]([O-])c1ccc(OCC2CCCCCCN2)cc1. The summed E-state index contributed by atoms with van der Waals surface area (Å²) < 4.78 is 5.69. The van der Waals surface area contributed by atoms with E-state index < -0.39 is 4.92 Å². The summed E-state index contributed by atoms with van der Waals surface area (Å²) in [4.78, 5) is 18.5. The number of hydrogen-bond donors (Lipinski definition) is 2. The first kappa shape index (κ1) is 17.9. The van der Waals surface area contributed by atoms with Gasteiger partial charge in [-0.25, -0.2) is 0 Å². The molecule has 7 heteroatoms. The predicted octanol–water partition coefficient (Wildman–Crippen LogP) is 2.60. The third-order valence-corrected chi connectivity index (χ3v) is 3.41. The number of nitro groups is 1. The van der Waals surface area contributed by atoms with E-state index in [0.717, 1.165) is 13.0 Å². The lowest BCUT2D eigenvalue weighted by Crippen LogP contribution is -2.36. The van der Waals surface area contributed by atoms with Gasteiger partial charge in [0.15, 0.2) is 0 Å². The van der Waals surface area contributed by atoms with Crippen LogP contribution in [0.15, 0.2) is 24.3 Å². The molecule has 1 aromatic carbocycles. The first-order valence-corrected chi connectivity index (χ1v) is 7.36. The van der Waals surface area contributed by atoms with Crippen LogP contribution in [0.1, 0.15) is 32.1 Å². The lowest BCUT2D eigenvalue weighted by Gasteiger charge is -2.21. The Balaban J connectivity index is 0.000000745. The minimum absolute atomic E-state index is 0.0939. The number of benzene rings is 1. The highest BCUT2D eigenvalue weighted by molar-refractivity contribution is 5.36. The van der Waals surface area contributed by atoms with Crippen LogP contribution in [-0.2, 0) is 4.79 Å². The van der Waals surface area contributed by atoms with Gasteiger partial charge in [-0.3, -0.25) is 14.9 Å². The normalized spacial score (nSPS) is 18.1. The predicted molar refractivity (Wildman–Crippen MR) is 82.2 cm³/mol. The number of non-ortho nitro benzene ring substituents is 1. The van der Waals surface area contributed by atoms with E-state index in [1.165, 1.54) is 37.8 Å². The number of nitrogens with one attached hydrogen (secondary N) is 1. The molecule has 0 saturated carbocycles. The fraction of sp³-hybridized carbons (Fsp3) is 0.533. The van der Waals surface area contributed by atoms with Gasteiger partial charge in [0.05, 0.1) is 4.92 Å². The Hall–Kier alpha value is -2.15. The third kappa shape index (κ3) is 7.03. The number of hydrogen-bond acceptors (Lipinski definition) is 5. The number of ether oxygens (including phenoxy) is 1. The highest BCUT2D eigenvalue weighted by atomic mass is 16.6. The van der Waals surface area contributed by atoms with Gasteiger partial charge in [-0.15, -0.1) is 0 Å². The monoisotopic (exact) mass is 310 g/mol. The Labute approximate surface area is 129 Å². The Kier molecular flexibility index (Phi) is 8.59. The van der Waals surface area contributed by atoms with Crippen molar-refractivity contribution in [3.8, 4) is 5.75 Å². The standard InChI is InChI=1S/C14H20N2O3.CH2O2/c17-16(18)13-6-8-14(9-7-13)19-11-12-5-3-1-2-4-10-15-12;2-1-3/h6-9,12,15H,1-5,10-11H2;1H,(H,2,3). The van der Waals surface area contributed by atoms with Gasteiger partial charge in [-0.1, -0.05) is 19.3 Å². The molecule has 1 unspecified atom stereocenters. The molecule has 1 aliphatic rings. The molecule has 22 heavy (non-hydrogen) atoms. The average Bonchev–Trinajstić information content (AvgIpc) is 2.47. The van der Waals surface area contributed by atoms with Crippen molar-refractivity contribution < 1.29 is 19.6 Å². The number of carbonyl (C=O) groups is 1. The van der Waals surface area contributed by atoms with Gasteiger partial charge in [0.25, 0.3) is 12.2 Å². The van der Waals surface area contributed by atoms with E-state index in [2.05, 4.69) is 5.32 Å². The van der Waals surface area contributed by atoms with E-state index >= 15 is 0 Å². The van der Waals surface area contributed by atoms with E-state index in [4.69, 9.17) is 14.6 Å². The van der Waals surface area contributed by atoms with Gasteiger partial charge in [0.2, 0.25) is 0 Å². The largest absolute Gasteiger partial charge is 0.492 e. The van der Waals surface area contributed by atoms with E-state index in [1.54, 1.807) is 12.1 Å². The molecule has 0 spiro atoms. The van der Waals surface area contributed by atoms with Crippen molar-refractivity contribution in [1.29, 1.82) is 0 Å². The minimum atomic E-state index is -0.403. The van der Waals surface area contributed by atoms with Crippen LogP contribution in [0.3, 0.4) is 0 Å². The van der Waals surface area contributed by atoms with Crippen LogP contribution in [0, 0.1) is 10.1 Å². The van der Waals surface area contributed by atoms with Crippen molar-refractivity contribution in [3.63, 3.8) is 0 Å². The van der Waals surface area contributed by atoms with Crippen LogP contribution in [-0.4, -0.2) is 35.7 Å². The smallest absolute Gasteiger partial charge is 0.290 e. The molecule has 0 amide bonds. The quantitative estimate of drug-likeness (QED) is 0.503. The lowest BCUT2D eigenvalue weighted by atomic mass is 10.0. The molecule has 7 nitrogen and oxygen atoms in total. The molecule has 0 aliphatic carbocycles. The summed E-state index contributed by atoms with van der Waals surface area (Å²) in [5.41, 5.74) is 0.0939. The van der Waals surface area contributed by atoms with Crippen LogP contribution in [0.5, 0.6) is 5.75 Å². The molecule has 2 rings (SSSR count). The molecule has 122 valence electrons. The molecule has 1 aromatic rings. The van der Waals surface area contributed by atoms with E-state index in [9.17, 15) is 10.1 Å². The van der Waals surface area contributed by atoms with E-state index in [1.807, 2.05) is 0 Å². The van der Waals surface area contributed by atoms with Gasteiger partial charge in [-0.2, -0.15) is 0 Å². The third-order valence-electron chi connectivity index (χ3n) is 3.41. The van der Waals surface area contributed by atoms with Gasteiger partial charge >= 0.3 is 0 Å². The van der Waals surface area contributed by atoms with Crippen molar-refractivity contribution in [2.45, 2.75) is 38.1 Å². The zero-order valence-corrected chi connectivity index (χ0v) is 12.4. The van der Waals surface area contributed by atoms with Crippen molar-refractivity contribution in [1.82, 2.24) is 5.32 Å². The zero-order chi connectivity index (χ0) is 16.2. The fourth-order valence-electron chi connectivity index (χ4n) is 2.28. The Morgan fingerprint density at radius 2 is 1.91 bits per heavy atom. The van der Waals surface area contributed by atoms with Crippen molar-refractivity contribution in [2.75, 3.05) is 13.2 Å². The molecule has 0 bridgehead atoms. The molecule has 1 saturated heterocycles. The minimum Gasteiger partial charge on any atom is -0.492 e. The number of rotatable bonds is 4.